The van der Waals surface area contributed by atoms with E-state index in [1.165, 1.54) is 23.9 Å². The zero-order valence-corrected chi connectivity index (χ0v) is 18.0. The van der Waals surface area contributed by atoms with Crippen LogP contribution in [0.4, 0.5) is 10.3 Å². The highest BCUT2D eigenvalue weighted by molar-refractivity contribution is 7.98. The summed E-state index contributed by atoms with van der Waals surface area (Å²) in [5.41, 5.74) is 3.68. The SMILES string of the molecule is Cc1ccccc1-n1c(SCc2cc(F)cc3c2OCOC3)nnc1N1CCOCC1. The molecule has 162 valence electrons. The molecular weight excluding hydrogens is 419 g/mol. The summed E-state index contributed by atoms with van der Waals surface area (Å²) in [6.07, 6.45) is 0. The Kier molecular flexibility index (Phi) is 5.80. The van der Waals surface area contributed by atoms with Crippen molar-refractivity contribution in [1.29, 1.82) is 0 Å². The van der Waals surface area contributed by atoms with Crippen molar-refractivity contribution in [3.63, 3.8) is 0 Å². The first-order valence-electron chi connectivity index (χ1n) is 10.2. The van der Waals surface area contributed by atoms with Gasteiger partial charge in [-0.05, 0) is 30.7 Å². The lowest BCUT2D eigenvalue weighted by Crippen LogP contribution is -2.38. The van der Waals surface area contributed by atoms with Crippen LogP contribution in [0.3, 0.4) is 0 Å². The number of fused-ring (bicyclic) bond motifs is 1. The van der Waals surface area contributed by atoms with Gasteiger partial charge in [-0.3, -0.25) is 4.57 Å². The Morgan fingerprint density at radius 3 is 2.77 bits per heavy atom. The molecule has 0 N–H and O–H groups in total. The molecule has 1 aromatic heterocycles. The van der Waals surface area contributed by atoms with Crippen LogP contribution in [0.5, 0.6) is 5.75 Å². The first-order chi connectivity index (χ1) is 15.2. The summed E-state index contributed by atoms with van der Waals surface area (Å²) in [6.45, 7) is 5.46. The number of aryl methyl sites for hydroxylation is 1. The number of hydrogen-bond acceptors (Lipinski definition) is 7. The highest BCUT2D eigenvalue weighted by Gasteiger charge is 2.24. The maximum atomic E-state index is 14.2. The van der Waals surface area contributed by atoms with Crippen molar-refractivity contribution in [3.05, 3.63) is 58.9 Å². The maximum Gasteiger partial charge on any atom is 0.232 e. The fourth-order valence-corrected chi connectivity index (χ4v) is 4.76. The number of benzene rings is 2. The number of aromatic nitrogens is 3. The summed E-state index contributed by atoms with van der Waals surface area (Å²) >= 11 is 1.51. The summed E-state index contributed by atoms with van der Waals surface area (Å²) in [7, 11) is 0. The van der Waals surface area contributed by atoms with Crippen molar-refractivity contribution in [1.82, 2.24) is 14.8 Å². The molecule has 2 aromatic carbocycles. The Bertz CT molecular complexity index is 1080. The molecule has 0 aliphatic carbocycles. The molecule has 3 aromatic rings. The molecule has 3 heterocycles. The second kappa shape index (κ2) is 8.86. The highest BCUT2D eigenvalue weighted by Crippen LogP contribution is 2.35. The third-order valence-corrected chi connectivity index (χ3v) is 6.35. The van der Waals surface area contributed by atoms with Gasteiger partial charge in [0, 0.05) is 30.0 Å². The summed E-state index contributed by atoms with van der Waals surface area (Å²) in [5.74, 6) is 1.71. The molecule has 0 saturated carbocycles. The van der Waals surface area contributed by atoms with Crippen LogP contribution in [-0.2, 0) is 21.8 Å². The molecule has 0 unspecified atom stereocenters. The molecule has 5 rings (SSSR count). The van der Waals surface area contributed by atoms with Gasteiger partial charge in [0.25, 0.3) is 0 Å². The molecular formula is C22H23FN4O3S. The van der Waals surface area contributed by atoms with Crippen LogP contribution >= 0.6 is 11.8 Å². The van der Waals surface area contributed by atoms with Crippen LogP contribution in [0.1, 0.15) is 16.7 Å². The van der Waals surface area contributed by atoms with Crippen LogP contribution in [-0.4, -0.2) is 47.9 Å². The molecule has 1 fully saturated rings. The van der Waals surface area contributed by atoms with E-state index in [2.05, 4.69) is 38.7 Å². The minimum atomic E-state index is -0.294. The predicted octanol–water partition coefficient (Wildman–Crippen LogP) is 3.71. The molecule has 2 aliphatic heterocycles. The van der Waals surface area contributed by atoms with E-state index in [0.717, 1.165) is 46.6 Å². The van der Waals surface area contributed by atoms with Crippen LogP contribution in [0.2, 0.25) is 0 Å². The third kappa shape index (κ3) is 4.13. The van der Waals surface area contributed by atoms with Crippen LogP contribution < -0.4 is 9.64 Å². The number of morpholine rings is 1. The molecule has 2 aliphatic rings. The van der Waals surface area contributed by atoms with E-state index in [0.29, 0.717) is 31.3 Å². The molecule has 0 amide bonds. The number of ether oxygens (including phenoxy) is 3. The second-order valence-electron chi connectivity index (χ2n) is 7.46. The highest BCUT2D eigenvalue weighted by atomic mass is 32.2. The molecule has 1 saturated heterocycles. The summed E-state index contributed by atoms with van der Waals surface area (Å²) in [6, 6.07) is 11.2. The van der Waals surface area contributed by atoms with Crippen LogP contribution in [0, 0.1) is 12.7 Å². The Balaban J connectivity index is 1.49. The minimum Gasteiger partial charge on any atom is -0.467 e. The van der Waals surface area contributed by atoms with Gasteiger partial charge >= 0.3 is 0 Å². The molecule has 0 radical (unpaired) electrons. The van der Waals surface area contributed by atoms with Crippen LogP contribution in [0.25, 0.3) is 5.69 Å². The largest absolute Gasteiger partial charge is 0.467 e. The number of hydrogen-bond donors (Lipinski definition) is 0. The molecule has 9 heteroatoms. The second-order valence-corrected chi connectivity index (χ2v) is 8.40. The zero-order chi connectivity index (χ0) is 21.2. The van der Waals surface area contributed by atoms with E-state index in [-0.39, 0.29) is 12.6 Å². The lowest BCUT2D eigenvalue weighted by Gasteiger charge is -2.28. The van der Waals surface area contributed by atoms with E-state index in [1.807, 2.05) is 12.1 Å². The lowest BCUT2D eigenvalue weighted by molar-refractivity contribution is -0.0171. The number of para-hydroxylation sites is 1. The summed E-state index contributed by atoms with van der Waals surface area (Å²) < 4.78 is 32.7. The average Bonchev–Trinajstić information content (AvgIpc) is 3.22. The van der Waals surface area contributed by atoms with Gasteiger partial charge in [0.1, 0.15) is 11.6 Å². The molecule has 0 bridgehead atoms. The molecule has 0 atom stereocenters. The molecule has 31 heavy (non-hydrogen) atoms. The number of thioether (sulfide) groups is 1. The fraction of sp³-hybridized carbons (Fsp3) is 0.364. The van der Waals surface area contributed by atoms with Gasteiger partial charge in [-0.2, -0.15) is 0 Å². The van der Waals surface area contributed by atoms with E-state index >= 15 is 0 Å². The van der Waals surface area contributed by atoms with Gasteiger partial charge in [-0.15, -0.1) is 10.2 Å². The Morgan fingerprint density at radius 1 is 1.10 bits per heavy atom. The van der Waals surface area contributed by atoms with E-state index < -0.39 is 0 Å². The van der Waals surface area contributed by atoms with E-state index in [1.54, 1.807) is 0 Å². The minimum absolute atomic E-state index is 0.177. The van der Waals surface area contributed by atoms with Gasteiger partial charge in [-0.25, -0.2) is 4.39 Å². The zero-order valence-electron chi connectivity index (χ0n) is 17.2. The normalized spacial score (nSPS) is 16.1. The van der Waals surface area contributed by atoms with Crippen molar-refractivity contribution >= 4 is 17.7 Å². The Labute approximate surface area is 184 Å². The van der Waals surface area contributed by atoms with Crippen molar-refractivity contribution in [3.8, 4) is 11.4 Å². The van der Waals surface area contributed by atoms with Gasteiger partial charge in [0.15, 0.2) is 11.9 Å². The maximum absolute atomic E-state index is 14.2. The van der Waals surface area contributed by atoms with Crippen molar-refractivity contribution in [2.75, 3.05) is 38.0 Å². The Hall–Kier alpha value is -2.62. The summed E-state index contributed by atoms with van der Waals surface area (Å²) in [4.78, 5) is 2.19. The third-order valence-electron chi connectivity index (χ3n) is 5.38. The number of nitrogens with zero attached hydrogens (tertiary/aromatic N) is 4. The topological polar surface area (TPSA) is 61.6 Å². The van der Waals surface area contributed by atoms with E-state index in [9.17, 15) is 4.39 Å². The van der Waals surface area contributed by atoms with Crippen molar-refractivity contribution in [2.45, 2.75) is 24.4 Å². The quantitative estimate of drug-likeness (QED) is 0.558. The average molecular weight is 443 g/mol. The number of rotatable bonds is 5. The van der Waals surface area contributed by atoms with Crippen molar-refractivity contribution < 1.29 is 18.6 Å². The van der Waals surface area contributed by atoms with Gasteiger partial charge in [0.2, 0.25) is 5.95 Å². The molecule has 7 nitrogen and oxygen atoms in total. The fourth-order valence-electron chi connectivity index (χ4n) is 3.86. The van der Waals surface area contributed by atoms with Gasteiger partial charge < -0.3 is 19.1 Å². The van der Waals surface area contributed by atoms with E-state index in [4.69, 9.17) is 14.2 Å². The standard InChI is InChI=1S/C22H23FN4O3S/c1-15-4-2-3-5-19(15)27-21(26-6-8-28-9-7-26)24-25-22(27)31-13-17-11-18(23)10-16-12-29-14-30-20(16)17/h2-5,10-11H,6-9,12-14H2,1H3. The monoisotopic (exact) mass is 442 g/mol. The summed E-state index contributed by atoms with van der Waals surface area (Å²) in [5, 5.41) is 9.76. The molecule has 0 spiro atoms. The Morgan fingerprint density at radius 2 is 1.94 bits per heavy atom. The number of anilines is 1. The number of halogens is 1. The van der Waals surface area contributed by atoms with Crippen molar-refractivity contribution in [2.24, 2.45) is 0 Å². The first kappa shape index (κ1) is 20.3. The van der Waals surface area contributed by atoms with Gasteiger partial charge in [0.05, 0.1) is 25.5 Å². The lowest BCUT2D eigenvalue weighted by atomic mass is 10.1. The van der Waals surface area contributed by atoms with Crippen LogP contribution in [0.15, 0.2) is 41.6 Å². The predicted molar refractivity (Wildman–Crippen MR) is 115 cm³/mol. The smallest absolute Gasteiger partial charge is 0.232 e. The first-order valence-corrected chi connectivity index (χ1v) is 11.2. The van der Waals surface area contributed by atoms with Gasteiger partial charge in [-0.1, -0.05) is 30.0 Å².